The summed E-state index contributed by atoms with van der Waals surface area (Å²) < 4.78 is 88.1. The molecule has 6 atom stereocenters. The Balaban J connectivity index is 0.000000141. The van der Waals surface area contributed by atoms with Gasteiger partial charge in [0.1, 0.15) is 46.8 Å². The molecule has 18 rings (SSSR count). The van der Waals surface area contributed by atoms with E-state index in [2.05, 4.69) is 59.8 Å². The Morgan fingerprint density at radius 1 is 0.469 bits per heavy atom. The molecule has 15 heterocycles. The fourth-order valence-corrected chi connectivity index (χ4v) is 19.2. The summed E-state index contributed by atoms with van der Waals surface area (Å²) in [5.74, 6) is -4.18. The van der Waals surface area contributed by atoms with Crippen molar-refractivity contribution < 1.29 is 41.1 Å². The highest BCUT2D eigenvalue weighted by Crippen LogP contribution is 2.48. The van der Waals surface area contributed by atoms with Crippen molar-refractivity contribution >= 4 is 102 Å². The number of benzene rings is 3. The van der Waals surface area contributed by atoms with E-state index in [1.54, 1.807) is 62.1 Å². The van der Waals surface area contributed by atoms with Gasteiger partial charge in [0.05, 0.1) is 96.7 Å². The predicted molar refractivity (Wildman–Crippen MR) is 491 cm³/mol. The van der Waals surface area contributed by atoms with Gasteiger partial charge in [0.15, 0.2) is 22.9 Å². The first-order chi connectivity index (χ1) is 61.1. The van der Waals surface area contributed by atoms with Gasteiger partial charge in [-0.05, 0) is 167 Å². The third-order valence-corrected chi connectivity index (χ3v) is 25.3. The number of nitrogens with zero attached hydrogens (tertiary/aromatic N) is 15. The SMILES string of the molecule is C=CC(=O)N1CC2CNc3c(c4cc(F)c(-c5c(N)cccc5F)nc4n(-c4c(C)ccnc4C(C)C)c3=O)N2CC1C.C=CC(=O)N1CC2COc3c(c4cc(F)c(-c5c(N)cccc5F)nc4n(-c4c(C)ccnc4C(C)C)c3=O)N2CC1C.C=CC(=O)N1CC2Cc3c(c4cc(Cl)c(-c5c(N)cccc5F)nc4n(-c4c(C)ccnc4C(C)C)c3=O)N2CC1C. The topological polar surface area (TPSA) is 313 Å². The fourth-order valence-electron chi connectivity index (χ4n) is 18.9. The summed E-state index contributed by atoms with van der Waals surface area (Å²) in [7, 11) is 0. The number of piperazine rings is 3. The monoisotopic (exact) mass is 1760 g/mol. The van der Waals surface area contributed by atoms with Crippen molar-refractivity contribution in [2.24, 2.45) is 0 Å². The summed E-state index contributed by atoms with van der Waals surface area (Å²) in [6, 6.07) is 21.3. The standard InChI is InChI=1S/C32H32ClFN6O2.C32H33F2N7O2.C32H32F2N6O3/c1-6-25(41)38-15-19-12-21-30(39(19)14-18(38)5)20-13-22(33)28(26-23(34)8-7-9-24(26)35)37-31(20)40(32(21)42)29-17(4)10-11-36-27(29)16(2)3;1-6-24(42)39-15-19-13-37-28-30(40(19)14-18(39)5)20-12-22(34)27(25-21(33)8-7-9-23(25)35)38-31(20)41(32(28)43)29-17(4)10-11-36-26(29)16(2)3;1-6-24(41)38-14-19-15-43-30-29(39(19)13-18(38)5)20-12-22(34)27(25-21(33)8-7-9-23(25)35)37-31(20)40(32(30)42)28-17(4)10-11-36-26(28)16(2)3/h6-11,13,16,18-19H,1,12,14-15,35H2,2-5H3;6-12,16,18-19,37H,1,13-15,35H2,2-5H3;6-12,16,18-19H,1,13-15,35H2,2-5H3. The van der Waals surface area contributed by atoms with Gasteiger partial charge in [0.2, 0.25) is 23.5 Å². The first-order valence-electron chi connectivity index (χ1n) is 42.4. The van der Waals surface area contributed by atoms with Gasteiger partial charge in [0, 0.05) is 128 Å². The molecular formula is C96H97ClF5N19O7. The second-order valence-corrected chi connectivity index (χ2v) is 34.7. The molecule has 3 aromatic carbocycles. The van der Waals surface area contributed by atoms with Crippen LogP contribution in [0.2, 0.25) is 5.02 Å². The molecule has 0 bridgehead atoms. The van der Waals surface area contributed by atoms with Gasteiger partial charge in [-0.3, -0.25) is 57.4 Å². The lowest BCUT2D eigenvalue weighted by atomic mass is 9.99. The predicted octanol–water partition coefficient (Wildman–Crippen LogP) is 14.9. The van der Waals surface area contributed by atoms with Crippen molar-refractivity contribution in [1.29, 1.82) is 0 Å². The van der Waals surface area contributed by atoms with Crippen LogP contribution in [-0.2, 0) is 20.8 Å². The molecule has 32 heteroatoms. The summed E-state index contributed by atoms with van der Waals surface area (Å²) in [5.41, 5.74) is 26.1. The number of aryl methyl sites for hydroxylation is 3. The summed E-state index contributed by atoms with van der Waals surface area (Å²) in [6.45, 7) is 37.3. The third kappa shape index (κ3) is 14.8. The van der Waals surface area contributed by atoms with E-state index in [4.69, 9.17) is 38.5 Å². The van der Waals surface area contributed by atoms with Crippen LogP contribution in [0.3, 0.4) is 0 Å². The molecule has 12 aromatic rings. The molecule has 3 saturated heterocycles. The molecule has 3 fully saturated rings. The number of hydrogen-bond acceptors (Lipinski definition) is 20. The molecule has 6 aliphatic rings. The maximum atomic E-state index is 16.1. The number of halogens is 6. The smallest absolute Gasteiger partial charge is 0.301 e. The number of rotatable bonds is 12. The summed E-state index contributed by atoms with van der Waals surface area (Å²) in [5, 5.41) is 4.86. The maximum Gasteiger partial charge on any atom is 0.301 e. The number of nitrogens with one attached hydrogen (secondary N) is 1. The molecule has 0 aliphatic carbocycles. The van der Waals surface area contributed by atoms with Crippen LogP contribution >= 0.6 is 11.6 Å². The van der Waals surface area contributed by atoms with E-state index < -0.39 is 34.6 Å². The number of anilines is 7. The van der Waals surface area contributed by atoms with E-state index in [0.717, 1.165) is 28.1 Å². The number of pyridine rings is 9. The highest BCUT2D eigenvalue weighted by Gasteiger charge is 2.46. The number of aromatic nitrogens is 9. The Morgan fingerprint density at radius 3 is 1.26 bits per heavy atom. The van der Waals surface area contributed by atoms with Crippen LogP contribution in [0.25, 0.3) is 83.9 Å². The largest absolute Gasteiger partial charge is 0.484 e. The van der Waals surface area contributed by atoms with Crippen LogP contribution in [0.1, 0.15) is 119 Å². The van der Waals surface area contributed by atoms with Crippen LogP contribution < -0.4 is 58.6 Å². The third-order valence-electron chi connectivity index (χ3n) is 25.0. The van der Waals surface area contributed by atoms with Gasteiger partial charge >= 0.3 is 5.56 Å². The van der Waals surface area contributed by atoms with Crippen LogP contribution in [0.4, 0.5) is 61.8 Å². The highest BCUT2D eigenvalue weighted by atomic mass is 35.5. The Hall–Kier alpha value is -13.8. The molecule has 6 aliphatic heterocycles. The van der Waals surface area contributed by atoms with Gasteiger partial charge in [-0.15, -0.1) is 0 Å². The van der Waals surface area contributed by atoms with Crippen molar-refractivity contribution in [1.82, 2.24) is 58.3 Å². The molecule has 9 aromatic heterocycles. The quantitative estimate of drug-likeness (QED) is 0.0502. The zero-order valence-electron chi connectivity index (χ0n) is 72.9. The Labute approximate surface area is 739 Å². The number of carbonyl (C=O) groups is 3. The van der Waals surface area contributed by atoms with Crippen molar-refractivity contribution in [3.8, 4) is 56.6 Å². The lowest BCUT2D eigenvalue weighted by Gasteiger charge is -2.49. The number of ether oxygens (including phenoxy) is 1. The number of fused-ring (bicyclic) bond motifs is 15. The van der Waals surface area contributed by atoms with E-state index in [9.17, 15) is 28.8 Å². The molecule has 6 unspecified atom stereocenters. The van der Waals surface area contributed by atoms with Gasteiger partial charge in [-0.1, -0.05) is 91.1 Å². The number of carbonyl (C=O) groups excluding carboxylic acids is 3. The van der Waals surface area contributed by atoms with Crippen molar-refractivity contribution in [3.63, 3.8) is 0 Å². The highest BCUT2D eigenvalue weighted by molar-refractivity contribution is 6.34. The van der Waals surface area contributed by atoms with Crippen LogP contribution in [-0.4, -0.2) is 165 Å². The van der Waals surface area contributed by atoms with Crippen LogP contribution in [0.5, 0.6) is 5.75 Å². The summed E-state index contributed by atoms with van der Waals surface area (Å²) >= 11 is 6.85. The summed E-state index contributed by atoms with van der Waals surface area (Å²) in [4.78, 5) is 121. The molecule has 0 saturated carbocycles. The average Bonchev–Trinajstić information content (AvgIpc) is 1.17. The molecule has 3 amide bonds. The van der Waals surface area contributed by atoms with Gasteiger partial charge in [0.25, 0.3) is 11.1 Å². The maximum absolute atomic E-state index is 16.1. The van der Waals surface area contributed by atoms with Crippen molar-refractivity contribution in [3.05, 3.63) is 252 Å². The van der Waals surface area contributed by atoms with Crippen molar-refractivity contribution in [2.75, 3.05) is 89.6 Å². The lowest BCUT2D eigenvalue weighted by Crippen LogP contribution is -2.62. The number of hydrogen-bond donors (Lipinski definition) is 4. The van der Waals surface area contributed by atoms with Gasteiger partial charge in [-0.2, -0.15) is 0 Å². The molecule has 128 heavy (non-hydrogen) atoms. The van der Waals surface area contributed by atoms with E-state index in [1.165, 1.54) is 88.0 Å². The van der Waals surface area contributed by atoms with Crippen LogP contribution in [0.15, 0.2) is 162 Å². The number of nitrogens with two attached hydrogens (primary N) is 3. The number of amides is 3. The lowest BCUT2D eigenvalue weighted by molar-refractivity contribution is -0.129. The minimum atomic E-state index is -0.806. The number of nitrogen functional groups attached to an aromatic ring is 3. The van der Waals surface area contributed by atoms with E-state index in [-0.39, 0.29) is 162 Å². The first-order valence-corrected chi connectivity index (χ1v) is 42.8. The molecule has 0 radical (unpaired) electrons. The molecule has 660 valence electrons. The molecular weight excluding hydrogens is 1660 g/mol. The zero-order valence-corrected chi connectivity index (χ0v) is 73.6. The Kier molecular flexibility index (Phi) is 23.4. The van der Waals surface area contributed by atoms with Gasteiger partial charge < -0.3 is 56.7 Å². The molecule has 0 spiro atoms. The second-order valence-electron chi connectivity index (χ2n) is 34.3. The minimum Gasteiger partial charge on any atom is -0.484 e. The average molecular weight is 1760 g/mol. The fraction of sp³-hybridized carbons (Fsp3) is 0.312. The molecule has 26 nitrogen and oxygen atoms in total. The minimum absolute atomic E-state index is 0.00902. The van der Waals surface area contributed by atoms with Crippen LogP contribution in [0, 0.1) is 49.9 Å². The zero-order chi connectivity index (χ0) is 91.5. The van der Waals surface area contributed by atoms with E-state index in [0.29, 0.717) is 125 Å². The second kappa shape index (κ2) is 34.2. The normalized spacial score (nSPS) is 17.9. The summed E-state index contributed by atoms with van der Waals surface area (Å²) in [6.07, 6.45) is 9.44. The Morgan fingerprint density at radius 2 is 0.836 bits per heavy atom. The molecule has 7 N–H and O–H groups in total. The van der Waals surface area contributed by atoms with Crippen molar-refractivity contribution in [2.45, 2.75) is 144 Å². The van der Waals surface area contributed by atoms with E-state index >= 15 is 22.0 Å². The Bertz CT molecular complexity index is 6550. The first kappa shape index (κ1) is 87.6. The van der Waals surface area contributed by atoms with E-state index in [1.807, 2.05) is 94.1 Å². The van der Waals surface area contributed by atoms with Gasteiger partial charge in [-0.25, -0.2) is 36.9 Å².